The summed E-state index contributed by atoms with van der Waals surface area (Å²) >= 11 is 0. The Bertz CT molecular complexity index is 1310. The Morgan fingerprint density at radius 3 is 1.05 bits per heavy atom. The predicted octanol–water partition coefficient (Wildman–Crippen LogP) is 19.3. The van der Waals surface area contributed by atoms with E-state index < -0.39 is 49.5 Å². The molecule has 9 nitrogen and oxygen atoms in total. The largest absolute Gasteiger partial charge is 0.394 e. The molecule has 0 saturated carbocycles. The van der Waals surface area contributed by atoms with Crippen LogP contribution in [0.5, 0.6) is 0 Å². The first-order valence-electron chi connectivity index (χ1n) is 35.6. The van der Waals surface area contributed by atoms with E-state index >= 15 is 0 Å². The summed E-state index contributed by atoms with van der Waals surface area (Å²) in [5.41, 5.74) is 0. The Kier molecular flexibility index (Phi) is 58.3. The summed E-state index contributed by atoms with van der Waals surface area (Å²) in [6.07, 6.45) is 73.1. The molecule has 1 rings (SSSR count). The van der Waals surface area contributed by atoms with Gasteiger partial charge in [-0.15, -0.1) is 0 Å². The van der Waals surface area contributed by atoms with E-state index in [1.807, 2.05) is 6.08 Å². The van der Waals surface area contributed by atoms with Crippen molar-refractivity contribution < 1.29 is 39.8 Å². The second kappa shape index (κ2) is 60.8. The van der Waals surface area contributed by atoms with Gasteiger partial charge in [-0.05, 0) is 32.1 Å². The number of amides is 1. The molecular formula is C71H137NO8. The molecule has 1 saturated heterocycles. The molecule has 474 valence electrons. The number of ether oxygens (including phenoxy) is 2. The molecule has 0 aliphatic carbocycles. The van der Waals surface area contributed by atoms with Crippen molar-refractivity contribution in [1.29, 1.82) is 0 Å². The number of rotatable bonds is 63. The summed E-state index contributed by atoms with van der Waals surface area (Å²) in [6.45, 7) is 3.82. The van der Waals surface area contributed by atoms with Gasteiger partial charge in [0.15, 0.2) is 6.29 Å². The van der Waals surface area contributed by atoms with Gasteiger partial charge in [0, 0.05) is 6.42 Å². The monoisotopic (exact) mass is 1130 g/mol. The second-order valence-corrected chi connectivity index (χ2v) is 25.0. The lowest BCUT2D eigenvalue weighted by Crippen LogP contribution is -2.60. The van der Waals surface area contributed by atoms with Crippen LogP contribution in [0.15, 0.2) is 24.3 Å². The third-order valence-corrected chi connectivity index (χ3v) is 17.3. The molecule has 0 radical (unpaired) electrons. The molecule has 0 bridgehead atoms. The minimum atomic E-state index is -1.57. The summed E-state index contributed by atoms with van der Waals surface area (Å²) in [4.78, 5) is 13.1. The predicted molar refractivity (Wildman–Crippen MR) is 341 cm³/mol. The first-order chi connectivity index (χ1) is 39.3. The van der Waals surface area contributed by atoms with Gasteiger partial charge >= 0.3 is 0 Å². The van der Waals surface area contributed by atoms with Crippen molar-refractivity contribution >= 4 is 5.91 Å². The molecule has 0 spiro atoms. The zero-order valence-corrected chi connectivity index (χ0v) is 53.1. The summed E-state index contributed by atoms with van der Waals surface area (Å²) in [5.74, 6) is -0.178. The van der Waals surface area contributed by atoms with E-state index in [0.717, 1.165) is 38.5 Å². The summed E-state index contributed by atoms with van der Waals surface area (Å²) in [7, 11) is 0. The average Bonchev–Trinajstić information content (AvgIpc) is 3.49. The van der Waals surface area contributed by atoms with Gasteiger partial charge in [-0.2, -0.15) is 0 Å². The van der Waals surface area contributed by atoms with E-state index in [4.69, 9.17) is 9.47 Å². The number of hydrogen-bond acceptors (Lipinski definition) is 8. The fourth-order valence-electron chi connectivity index (χ4n) is 11.7. The quantitative estimate of drug-likeness (QED) is 0.0261. The molecule has 1 heterocycles. The first kappa shape index (κ1) is 76.7. The third kappa shape index (κ3) is 49.0. The minimum Gasteiger partial charge on any atom is -0.394 e. The van der Waals surface area contributed by atoms with Crippen molar-refractivity contribution in [3.63, 3.8) is 0 Å². The number of carbonyl (C=O) groups is 1. The smallest absolute Gasteiger partial charge is 0.220 e. The lowest BCUT2D eigenvalue weighted by molar-refractivity contribution is -0.302. The van der Waals surface area contributed by atoms with Gasteiger partial charge in [-0.25, -0.2) is 0 Å². The lowest BCUT2D eigenvalue weighted by Gasteiger charge is -2.40. The zero-order chi connectivity index (χ0) is 57.9. The highest BCUT2D eigenvalue weighted by molar-refractivity contribution is 5.76. The van der Waals surface area contributed by atoms with Gasteiger partial charge in [0.1, 0.15) is 24.4 Å². The SMILES string of the molecule is CCCCCCCCCCCCCCC/C=C/CC/C=C/C(O)C(COC1OC(CO)C(O)C(O)C1O)NC(=O)CCCCCCCCCCCCCCCCCCCCCCCCCCCCCCCCCCCCCCCC. The van der Waals surface area contributed by atoms with E-state index in [1.54, 1.807) is 6.08 Å². The molecule has 7 unspecified atom stereocenters. The molecule has 80 heavy (non-hydrogen) atoms. The van der Waals surface area contributed by atoms with Gasteiger partial charge < -0.3 is 40.3 Å². The normalized spacial score (nSPS) is 18.5. The molecule has 0 aromatic heterocycles. The highest BCUT2D eigenvalue weighted by Gasteiger charge is 2.44. The number of carbonyl (C=O) groups excluding carboxylic acids is 1. The van der Waals surface area contributed by atoms with Crippen LogP contribution in [0.4, 0.5) is 0 Å². The third-order valence-electron chi connectivity index (χ3n) is 17.3. The number of unbranched alkanes of at least 4 members (excludes halogenated alkanes) is 51. The van der Waals surface area contributed by atoms with Gasteiger partial charge in [-0.3, -0.25) is 4.79 Å². The van der Waals surface area contributed by atoms with Crippen LogP contribution in [0, 0.1) is 0 Å². The number of hydrogen-bond donors (Lipinski definition) is 6. The molecule has 0 aromatic carbocycles. The zero-order valence-electron chi connectivity index (χ0n) is 53.1. The van der Waals surface area contributed by atoms with E-state index in [9.17, 15) is 30.3 Å². The highest BCUT2D eigenvalue weighted by Crippen LogP contribution is 2.24. The van der Waals surface area contributed by atoms with Gasteiger partial charge in [0.05, 0.1) is 25.4 Å². The molecule has 7 atom stereocenters. The molecular weight excluding hydrogens is 995 g/mol. The van der Waals surface area contributed by atoms with Crippen LogP contribution in [0.25, 0.3) is 0 Å². The van der Waals surface area contributed by atoms with Gasteiger partial charge in [0.2, 0.25) is 5.91 Å². The molecule has 0 aromatic rings. The Labute approximate surface area is 496 Å². The van der Waals surface area contributed by atoms with E-state index in [-0.39, 0.29) is 12.5 Å². The second-order valence-electron chi connectivity index (χ2n) is 25.0. The van der Waals surface area contributed by atoms with Gasteiger partial charge in [0.25, 0.3) is 0 Å². The Hall–Kier alpha value is -1.33. The van der Waals surface area contributed by atoms with Crippen molar-refractivity contribution in [3.8, 4) is 0 Å². The molecule has 1 amide bonds. The minimum absolute atomic E-state index is 0.178. The summed E-state index contributed by atoms with van der Waals surface area (Å²) < 4.78 is 11.3. The van der Waals surface area contributed by atoms with Crippen LogP contribution in [0.2, 0.25) is 0 Å². The average molecular weight is 1130 g/mol. The van der Waals surface area contributed by atoms with Gasteiger partial charge in [-0.1, -0.05) is 353 Å². The molecule has 6 N–H and O–H groups in total. The standard InChI is InChI=1S/C71H137NO8/c1-3-5-7-9-11-13-15-17-19-21-23-24-25-26-27-28-29-30-31-32-33-34-35-36-37-38-39-40-41-43-45-47-49-51-53-55-57-59-61-67(75)72-64(63-79-71-70(78)69(77)68(76)66(62-73)80-71)65(74)60-58-56-54-52-50-48-46-44-42-22-20-18-16-14-12-10-8-6-4-2/h50,52,58,60,64-66,68-71,73-74,76-78H,3-49,51,53-57,59,61-63H2,1-2H3,(H,72,75)/b52-50+,60-58+. The number of allylic oxidation sites excluding steroid dienone is 3. The Morgan fingerprint density at radius 1 is 0.412 bits per heavy atom. The molecule has 9 heteroatoms. The van der Waals surface area contributed by atoms with Crippen molar-refractivity contribution in [2.75, 3.05) is 13.2 Å². The fourth-order valence-corrected chi connectivity index (χ4v) is 11.7. The van der Waals surface area contributed by atoms with Crippen LogP contribution < -0.4 is 5.32 Å². The van der Waals surface area contributed by atoms with E-state index in [1.165, 1.54) is 308 Å². The van der Waals surface area contributed by atoms with Crippen molar-refractivity contribution in [3.05, 3.63) is 24.3 Å². The van der Waals surface area contributed by atoms with Crippen molar-refractivity contribution in [2.24, 2.45) is 0 Å². The number of aliphatic hydroxyl groups is 5. The molecule has 1 aliphatic heterocycles. The highest BCUT2D eigenvalue weighted by atomic mass is 16.7. The first-order valence-corrected chi connectivity index (χ1v) is 35.6. The molecule has 1 aliphatic rings. The van der Waals surface area contributed by atoms with Crippen molar-refractivity contribution in [1.82, 2.24) is 5.32 Å². The Morgan fingerprint density at radius 2 is 0.713 bits per heavy atom. The fraction of sp³-hybridized carbons (Fsp3) is 0.930. The number of aliphatic hydroxyl groups excluding tert-OH is 5. The van der Waals surface area contributed by atoms with Crippen molar-refractivity contribution in [2.45, 2.75) is 410 Å². The summed E-state index contributed by atoms with van der Waals surface area (Å²) in [6, 6.07) is -0.819. The Balaban J connectivity index is 2.06. The van der Waals surface area contributed by atoms with Crippen LogP contribution in [0.3, 0.4) is 0 Å². The molecule has 1 fully saturated rings. The summed E-state index contributed by atoms with van der Waals surface area (Å²) in [5, 5.41) is 54.7. The van der Waals surface area contributed by atoms with Crippen LogP contribution in [-0.4, -0.2) is 87.5 Å². The topological polar surface area (TPSA) is 149 Å². The number of nitrogens with one attached hydrogen (secondary N) is 1. The van der Waals surface area contributed by atoms with Crippen LogP contribution in [-0.2, 0) is 14.3 Å². The lowest BCUT2D eigenvalue weighted by atomic mass is 9.99. The maximum Gasteiger partial charge on any atom is 0.220 e. The van der Waals surface area contributed by atoms with Crippen LogP contribution in [0.1, 0.15) is 367 Å². The van der Waals surface area contributed by atoms with Crippen LogP contribution >= 0.6 is 0 Å². The maximum absolute atomic E-state index is 13.1. The maximum atomic E-state index is 13.1. The van der Waals surface area contributed by atoms with E-state index in [2.05, 4.69) is 31.3 Å². The van der Waals surface area contributed by atoms with E-state index in [0.29, 0.717) is 6.42 Å².